The number of rotatable bonds is 7. The van der Waals surface area contributed by atoms with Gasteiger partial charge in [-0.1, -0.05) is 12.1 Å². The lowest BCUT2D eigenvalue weighted by atomic mass is 10.00. The monoisotopic (exact) mass is 374 g/mol. The van der Waals surface area contributed by atoms with E-state index >= 15 is 0 Å². The van der Waals surface area contributed by atoms with Crippen LogP contribution in [-0.2, 0) is 16.1 Å². The number of aliphatic carboxylic acids is 1. The van der Waals surface area contributed by atoms with Crippen molar-refractivity contribution in [3.05, 3.63) is 59.7 Å². The fraction of sp³-hybridized carbons (Fsp3) is 0.400. The van der Waals surface area contributed by atoms with Crippen molar-refractivity contribution in [1.82, 2.24) is 9.88 Å². The van der Waals surface area contributed by atoms with Crippen LogP contribution in [-0.4, -0.2) is 47.3 Å². The molecular weight excluding hydrogens is 351 g/mol. The van der Waals surface area contributed by atoms with E-state index in [1.807, 2.05) is 23.1 Å². The second-order valence-corrected chi connectivity index (χ2v) is 6.50. The minimum Gasteiger partial charge on any atom is -0.494 e. The number of aromatic nitrogens is 1. The van der Waals surface area contributed by atoms with Crippen molar-refractivity contribution in [2.24, 2.45) is 0 Å². The third-order valence-corrected chi connectivity index (χ3v) is 4.76. The summed E-state index contributed by atoms with van der Waals surface area (Å²) in [5, 5.41) is 9.68. The van der Waals surface area contributed by atoms with Gasteiger partial charge in [0.25, 0.3) is 0 Å². The van der Waals surface area contributed by atoms with Crippen LogP contribution in [0.2, 0.25) is 0 Å². The van der Waals surface area contributed by atoms with Gasteiger partial charge in [0.2, 0.25) is 0 Å². The summed E-state index contributed by atoms with van der Waals surface area (Å²) in [7, 11) is 1.38. The fourth-order valence-corrected chi connectivity index (χ4v) is 3.35. The van der Waals surface area contributed by atoms with E-state index in [0.717, 1.165) is 18.5 Å². The lowest BCUT2D eigenvalue weighted by Crippen LogP contribution is -2.42. The van der Waals surface area contributed by atoms with Gasteiger partial charge in [0.15, 0.2) is 11.6 Å². The van der Waals surface area contributed by atoms with Gasteiger partial charge in [-0.3, -0.25) is 14.7 Å². The molecule has 27 heavy (non-hydrogen) atoms. The molecule has 2 heterocycles. The predicted molar refractivity (Wildman–Crippen MR) is 96.9 cm³/mol. The van der Waals surface area contributed by atoms with Crippen molar-refractivity contribution in [3.8, 4) is 5.75 Å². The Morgan fingerprint density at radius 1 is 1.33 bits per heavy atom. The van der Waals surface area contributed by atoms with Crippen molar-refractivity contribution in [2.75, 3.05) is 20.2 Å². The van der Waals surface area contributed by atoms with Crippen LogP contribution in [0.4, 0.5) is 4.39 Å². The Morgan fingerprint density at radius 3 is 2.70 bits per heavy atom. The van der Waals surface area contributed by atoms with Crippen molar-refractivity contribution in [2.45, 2.75) is 31.6 Å². The number of pyridine rings is 1. The molecule has 1 aliphatic rings. The molecule has 0 unspecified atom stereocenters. The molecule has 0 aliphatic carbocycles. The molecule has 1 saturated heterocycles. The summed E-state index contributed by atoms with van der Waals surface area (Å²) in [5.74, 6) is -1.45. The van der Waals surface area contributed by atoms with Crippen molar-refractivity contribution in [1.29, 1.82) is 0 Å². The predicted octanol–water partition coefficient (Wildman–Crippen LogP) is 3.04. The molecule has 1 N–H and O–H groups in total. The first kappa shape index (κ1) is 19.3. The van der Waals surface area contributed by atoms with Gasteiger partial charge in [0, 0.05) is 19.3 Å². The summed E-state index contributed by atoms with van der Waals surface area (Å²) >= 11 is 0. The average Bonchev–Trinajstić information content (AvgIpc) is 2.68. The zero-order valence-corrected chi connectivity index (χ0v) is 15.2. The highest BCUT2D eigenvalue weighted by Crippen LogP contribution is 2.29. The zero-order valence-electron chi connectivity index (χ0n) is 15.2. The Labute approximate surface area is 157 Å². The second-order valence-electron chi connectivity index (χ2n) is 6.50. The molecule has 0 radical (unpaired) electrons. The molecule has 1 aromatic carbocycles. The summed E-state index contributed by atoms with van der Waals surface area (Å²) in [5.41, 5.74) is 1.28. The van der Waals surface area contributed by atoms with Crippen LogP contribution in [0.1, 0.15) is 30.1 Å². The molecule has 6 nitrogen and oxygen atoms in total. The first-order valence-corrected chi connectivity index (χ1v) is 8.90. The number of hydrogen-bond acceptors (Lipinski definition) is 5. The van der Waals surface area contributed by atoms with E-state index in [4.69, 9.17) is 9.47 Å². The summed E-state index contributed by atoms with van der Waals surface area (Å²) in [6.45, 7) is 1.58. The molecule has 0 amide bonds. The van der Waals surface area contributed by atoms with E-state index in [2.05, 4.69) is 4.98 Å². The third kappa shape index (κ3) is 4.81. The van der Waals surface area contributed by atoms with E-state index in [1.165, 1.54) is 19.2 Å². The zero-order chi connectivity index (χ0) is 19.2. The molecule has 2 aromatic rings. The lowest BCUT2D eigenvalue weighted by molar-refractivity contribution is -0.145. The fourth-order valence-electron chi connectivity index (χ4n) is 3.35. The van der Waals surface area contributed by atoms with Crippen molar-refractivity contribution < 1.29 is 23.8 Å². The van der Waals surface area contributed by atoms with Crippen molar-refractivity contribution in [3.63, 3.8) is 0 Å². The van der Waals surface area contributed by atoms with Gasteiger partial charge < -0.3 is 14.6 Å². The largest absolute Gasteiger partial charge is 0.494 e. The molecule has 0 spiro atoms. The summed E-state index contributed by atoms with van der Waals surface area (Å²) in [6.07, 6.45) is 3.22. The second kappa shape index (κ2) is 8.92. The number of halogens is 1. The lowest BCUT2D eigenvalue weighted by Gasteiger charge is -2.35. The highest BCUT2D eigenvalue weighted by atomic mass is 19.1. The van der Waals surface area contributed by atoms with Gasteiger partial charge in [-0.25, -0.2) is 4.39 Å². The van der Waals surface area contributed by atoms with E-state index < -0.39 is 17.8 Å². The average molecular weight is 374 g/mol. The minimum absolute atomic E-state index is 0.0605. The highest BCUT2D eigenvalue weighted by molar-refractivity contribution is 5.75. The van der Waals surface area contributed by atoms with Crippen molar-refractivity contribution >= 4 is 5.97 Å². The van der Waals surface area contributed by atoms with Crippen LogP contribution < -0.4 is 4.74 Å². The number of carbonyl (C=O) groups is 1. The molecule has 1 aliphatic heterocycles. The quantitative estimate of drug-likeness (QED) is 0.803. The third-order valence-electron chi connectivity index (χ3n) is 4.76. The molecule has 1 fully saturated rings. The molecule has 1 aromatic heterocycles. The number of nitrogens with zero attached hydrogens (tertiary/aromatic N) is 2. The molecule has 144 valence electrons. The van der Waals surface area contributed by atoms with Gasteiger partial charge in [-0.05, 0) is 42.7 Å². The van der Waals surface area contributed by atoms with E-state index in [1.54, 1.807) is 12.3 Å². The molecule has 0 saturated carbocycles. The summed E-state index contributed by atoms with van der Waals surface area (Å²) < 4.78 is 24.8. The van der Waals surface area contributed by atoms with Gasteiger partial charge in [0.05, 0.1) is 25.5 Å². The van der Waals surface area contributed by atoms with Crippen LogP contribution in [0.3, 0.4) is 0 Å². The SMILES string of the molecule is COc1ccc([C@@H](C(=O)O)N2CCC(OCc3ccccn3)CC2)cc1F. The maximum atomic E-state index is 14.0. The topological polar surface area (TPSA) is 71.9 Å². The van der Waals surface area contributed by atoms with E-state index in [-0.39, 0.29) is 11.9 Å². The Morgan fingerprint density at radius 2 is 2.11 bits per heavy atom. The molecule has 7 heteroatoms. The number of ether oxygens (including phenoxy) is 2. The van der Waals surface area contributed by atoms with Crippen LogP contribution in [0, 0.1) is 5.82 Å². The van der Waals surface area contributed by atoms with Gasteiger partial charge in [0.1, 0.15) is 6.04 Å². The van der Waals surface area contributed by atoms with E-state index in [9.17, 15) is 14.3 Å². The Hall–Kier alpha value is -2.51. The van der Waals surface area contributed by atoms with Crippen LogP contribution in [0.25, 0.3) is 0 Å². The van der Waals surface area contributed by atoms with Gasteiger partial charge in [-0.2, -0.15) is 0 Å². The van der Waals surface area contributed by atoms with Crippen LogP contribution >= 0.6 is 0 Å². The maximum absolute atomic E-state index is 14.0. The Kier molecular flexibility index (Phi) is 6.36. The maximum Gasteiger partial charge on any atom is 0.325 e. The van der Waals surface area contributed by atoms with E-state index in [0.29, 0.717) is 25.3 Å². The molecule has 0 bridgehead atoms. The Balaban J connectivity index is 1.60. The summed E-state index contributed by atoms with van der Waals surface area (Å²) in [6, 6.07) is 9.10. The van der Waals surface area contributed by atoms with Gasteiger partial charge in [-0.15, -0.1) is 0 Å². The van der Waals surface area contributed by atoms with Crippen LogP contribution in [0.5, 0.6) is 5.75 Å². The standard InChI is InChI=1S/C20H23FN2O4/c1-26-18-6-5-14(12-17(18)21)19(20(24)25)23-10-7-16(8-11-23)27-13-15-4-2-3-9-22-15/h2-6,9,12,16,19H,7-8,10-11,13H2,1H3,(H,24,25)/t19-/m0/s1. The highest BCUT2D eigenvalue weighted by Gasteiger charge is 2.31. The summed E-state index contributed by atoms with van der Waals surface area (Å²) in [4.78, 5) is 17.9. The molecule has 3 rings (SSSR count). The minimum atomic E-state index is -0.993. The van der Waals surface area contributed by atoms with Gasteiger partial charge >= 0.3 is 5.97 Å². The number of carboxylic acids is 1. The van der Waals surface area contributed by atoms with Crippen LogP contribution in [0.15, 0.2) is 42.6 Å². The smallest absolute Gasteiger partial charge is 0.325 e. The molecular formula is C20H23FN2O4. The number of carboxylic acid groups (broad SMARTS) is 1. The first-order valence-electron chi connectivity index (χ1n) is 8.90. The number of benzene rings is 1. The molecule has 1 atom stereocenters. The number of piperidine rings is 1. The number of hydrogen-bond donors (Lipinski definition) is 1. The normalized spacial score (nSPS) is 16.8. The number of likely N-dealkylation sites (tertiary alicyclic amines) is 1. The first-order chi connectivity index (χ1) is 13.1. The number of methoxy groups -OCH3 is 1. The Bertz CT molecular complexity index is 764.